The Labute approximate surface area is 147 Å². The van der Waals surface area contributed by atoms with Gasteiger partial charge >= 0.3 is 5.88 Å². The number of halogens is 2. The number of aromatic nitrogens is 1. The van der Waals surface area contributed by atoms with E-state index in [1.54, 1.807) is 42.5 Å². The van der Waals surface area contributed by atoms with Crippen LogP contribution < -0.4 is 0 Å². The van der Waals surface area contributed by atoms with Crippen LogP contribution in [0.1, 0.15) is 11.5 Å². The van der Waals surface area contributed by atoms with Crippen LogP contribution in [-0.4, -0.2) is 9.91 Å². The van der Waals surface area contributed by atoms with Crippen LogP contribution in [0.4, 0.5) is 5.88 Å². The number of hydrogen-bond donors (Lipinski definition) is 0. The highest BCUT2D eigenvalue weighted by Gasteiger charge is 2.09. The van der Waals surface area contributed by atoms with Gasteiger partial charge in [0, 0.05) is 10.4 Å². The third-order valence-electron chi connectivity index (χ3n) is 3.17. The number of rotatable bonds is 4. The van der Waals surface area contributed by atoms with Crippen molar-refractivity contribution in [3.05, 3.63) is 80.2 Å². The number of nitrogens with zero attached hydrogens (tertiary/aromatic N) is 2. The van der Waals surface area contributed by atoms with Gasteiger partial charge in [0.05, 0.1) is 22.3 Å². The van der Waals surface area contributed by atoms with E-state index in [0.29, 0.717) is 27.0 Å². The predicted molar refractivity (Wildman–Crippen MR) is 95.2 cm³/mol. The van der Waals surface area contributed by atoms with Gasteiger partial charge < -0.3 is 4.42 Å². The molecule has 0 atom stereocenters. The molecule has 0 fully saturated rings. The second kappa shape index (κ2) is 6.86. The molecule has 0 saturated heterocycles. The normalized spacial score (nSPS) is 11.8. The van der Waals surface area contributed by atoms with E-state index in [-0.39, 0.29) is 5.88 Å². The Kier molecular flexibility index (Phi) is 4.64. The smallest absolute Gasteiger partial charge is 0.401 e. The van der Waals surface area contributed by atoms with E-state index in [9.17, 15) is 10.1 Å². The Hall–Kier alpha value is -2.63. The summed E-state index contributed by atoms with van der Waals surface area (Å²) < 4.78 is 5.02. The van der Waals surface area contributed by atoms with Crippen molar-refractivity contribution >= 4 is 52.1 Å². The lowest BCUT2D eigenvalue weighted by Gasteiger charge is -2.02. The Bertz CT molecular complexity index is 977. The van der Waals surface area contributed by atoms with Crippen LogP contribution in [0.3, 0.4) is 0 Å². The van der Waals surface area contributed by atoms with Crippen molar-refractivity contribution < 1.29 is 9.34 Å². The number of allylic oxidation sites excluding steroid dienone is 2. The third-order valence-corrected chi connectivity index (χ3v) is 3.72. The highest BCUT2D eigenvalue weighted by atomic mass is 35.5. The minimum atomic E-state index is -0.584. The molecule has 0 radical (unpaired) electrons. The second-order valence-corrected chi connectivity index (χ2v) is 5.69. The van der Waals surface area contributed by atoms with Gasteiger partial charge in [0.15, 0.2) is 0 Å². The molecule has 2 aromatic heterocycles. The molecule has 3 rings (SSSR count). The summed E-state index contributed by atoms with van der Waals surface area (Å²) in [5.41, 5.74) is 1.38. The number of furan rings is 1. The van der Waals surface area contributed by atoms with Crippen molar-refractivity contribution in [3.63, 3.8) is 0 Å². The van der Waals surface area contributed by atoms with Crippen molar-refractivity contribution in [2.75, 3.05) is 0 Å². The molecule has 0 bridgehead atoms. The van der Waals surface area contributed by atoms with Gasteiger partial charge in [0.25, 0.3) is 0 Å². The summed E-state index contributed by atoms with van der Waals surface area (Å²) in [6, 6.07) is 9.91. The molecule has 0 amide bonds. The van der Waals surface area contributed by atoms with Gasteiger partial charge in [-0.2, -0.15) is 0 Å². The van der Waals surface area contributed by atoms with Gasteiger partial charge in [-0.05, 0) is 42.5 Å². The molecule has 2 heterocycles. The summed E-state index contributed by atoms with van der Waals surface area (Å²) in [5.74, 6) is 0.0983. The molecular weight excluding hydrogens is 351 g/mol. The van der Waals surface area contributed by atoms with Gasteiger partial charge in [-0.1, -0.05) is 35.4 Å². The quantitative estimate of drug-likeness (QED) is 0.336. The Morgan fingerprint density at radius 3 is 2.62 bits per heavy atom. The highest BCUT2D eigenvalue weighted by Crippen LogP contribution is 2.26. The lowest BCUT2D eigenvalue weighted by molar-refractivity contribution is -0.402. The minimum Gasteiger partial charge on any atom is -0.401 e. The second-order valence-electron chi connectivity index (χ2n) is 4.84. The van der Waals surface area contributed by atoms with E-state index in [0.717, 1.165) is 5.39 Å². The number of pyridine rings is 1. The van der Waals surface area contributed by atoms with Crippen molar-refractivity contribution in [1.82, 2.24) is 4.98 Å². The molecule has 0 aliphatic heterocycles. The number of nitro groups is 1. The lowest BCUT2D eigenvalue weighted by Crippen LogP contribution is -1.85. The maximum absolute atomic E-state index is 10.5. The minimum absolute atomic E-state index is 0.293. The van der Waals surface area contributed by atoms with Crippen molar-refractivity contribution in [3.8, 4) is 0 Å². The first-order chi connectivity index (χ1) is 11.5. The molecule has 0 aliphatic carbocycles. The summed E-state index contributed by atoms with van der Waals surface area (Å²) >= 11 is 12.2. The van der Waals surface area contributed by atoms with E-state index >= 15 is 0 Å². The summed E-state index contributed by atoms with van der Waals surface area (Å²) in [7, 11) is 0. The molecule has 0 unspecified atom stereocenters. The van der Waals surface area contributed by atoms with Crippen LogP contribution in [0.15, 0.2) is 53.0 Å². The maximum Gasteiger partial charge on any atom is 0.433 e. The molecule has 3 aromatic rings. The topological polar surface area (TPSA) is 69.2 Å². The zero-order valence-electron chi connectivity index (χ0n) is 12.1. The number of hydrogen-bond acceptors (Lipinski definition) is 4. The standard InChI is InChI=1S/C17H10Cl2N2O3/c18-11-5-7-14-15(19)10-12(20-16(14)9-11)3-1-2-4-13-6-8-17(24-13)21(22)23/h1-10H/b3-1+,4-2+. The predicted octanol–water partition coefficient (Wildman–Crippen LogP) is 5.77. The lowest BCUT2D eigenvalue weighted by atomic mass is 10.2. The molecule has 24 heavy (non-hydrogen) atoms. The largest absolute Gasteiger partial charge is 0.433 e. The molecule has 0 saturated carbocycles. The van der Waals surface area contributed by atoms with Gasteiger partial charge in [-0.15, -0.1) is 0 Å². The summed E-state index contributed by atoms with van der Waals surface area (Å²) in [4.78, 5) is 14.4. The molecule has 5 nitrogen and oxygen atoms in total. The number of fused-ring (bicyclic) bond motifs is 1. The zero-order valence-corrected chi connectivity index (χ0v) is 13.7. The highest BCUT2D eigenvalue weighted by molar-refractivity contribution is 6.36. The van der Waals surface area contributed by atoms with Gasteiger partial charge in [0.1, 0.15) is 10.7 Å². The maximum atomic E-state index is 10.5. The fourth-order valence-corrected chi connectivity index (χ4v) is 2.54. The molecular formula is C17H10Cl2N2O3. The van der Waals surface area contributed by atoms with E-state index in [4.69, 9.17) is 27.6 Å². The van der Waals surface area contributed by atoms with E-state index in [2.05, 4.69) is 4.98 Å². The van der Waals surface area contributed by atoms with Crippen molar-refractivity contribution in [2.24, 2.45) is 0 Å². The first-order valence-electron chi connectivity index (χ1n) is 6.88. The first-order valence-corrected chi connectivity index (χ1v) is 7.63. The van der Waals surface area contributed by atoms with E-state index in [1.807, 2.05) is 6.07 Å². The third kappa shape index (κ3) is 3.64. The average molecular weight is 361 g/mol. The molecule has 0 spiro atoms. The number of benzene rings is 1. The van der Waals surface area contributed by atoms with Gasteiger partial charge in [-0.3, -0.25) is 10.1 Å². The summed E-state index contributed by atoms with van der Waals surface area (Å²) in [6.45, 7) is 0. The van der Waals surface area contributed by atoms with Crippen LogP contribution in [0.25, 0.3) is 23.1 Å². The van der Waals surface area contributed by atoms with Crippen LogP contribution in [0, 0.1) is 10.1 Å². The van der Waals surface area contributed by atoms with Gasteiger partial charge in [0.2, 0.25) is 0 Å². The molecule has 1 aromatic carbocycles. The van der Waals surface area contributed by atoms with Crippen LogP contribution in [0.2, 0.25) is 10.0 Å². The van der Waals surface area contributed by atoms with E-state index in [1.165, 1.54) is 12.1 Å². The van der Waals surface area contributed by atoms with E-state index < -0.39 is 4.92 Å². The van der Waals surface area contributed by atoms with Crippen LogP contribution in [-0.2, 0) is 0 Å². The monoisotopic (exact) mass is 360 g/mol. The summed E-state index contributed by atoms with van der Waals surface area (Å²) in [5, 5.41) is 12.5. The van der Waals surface area contributed by atoms with Crippen molar-refractivity contribution in [2.45, 2.75) is 0 Å². The Morgan fingerprint density at radius 1 is 1.08 bits per heavy atom. The van der Waals surface area contributed by atoms with Gasteiger partial charge in [-0.25, -0.2) is 4.98 Å². The average Bonchev–Trinajstić information content (AvgIpc) is 3.00. The fourth-order valence-electron chi connectivity index (χ4n) is 2.10. The summed E-state index contributed by atoms with van der Waals surface area (Å²) in [6.07, 6.45) is 6.81. The van der Waals surface area contributed by atoms with Crippen LogP contribution >= 0.6 is 23.2 Å². The van der Waals surface area contributed by atoms with Crippen molar-refractivity contribution in [1.29, 1.82) is 0 Å². The van der Waals surface area contributed by atoms with Crippen LogP contribution in [0.5, 0.6) is 0 Å². The molecule has 120 valence electrons. The zero-order chi connectivity index (χ0) is 17.1. The molecule has 0 aliphatic rings. The first kappa shape index (κ1) is 16.2. The Balaban J connectivity index is 1.79. The molecule has 0 N–H and O–H groups in total. The SMILES string of the molecule is O=[N+]([O-])c1ccc(/C=C/C=C/c2cc(Cl)c3ccc(Cl)cc3n2)o1. The Morgan fingerprint density at radius 2 is 1.88 bits per heavy atom. The molecule has 7 heteroatoms. The fraction of sp³-hybridized carbons (Fsp3) is 0.